The Kier molecular flexibility index (Phi) is 13.2. The Bertz CT molecular complexity index is 980. The summed E-state index contributed by atoms with van der Waals surface area (Å²) >= 11 is 6.74. The van der Waals surface area contributed by atoms with E-state index in [2.05, 4.69) is 15.8 Å². The largest absolute Gasteiger partial charge is 0.456 e. The fraction of sp³-hybridized carbons (Fsp3) is 0.654. The fourth-order valence-electron chi connectivity index (χ4n) is 2.94. The van der Waals surface area contributed by atoms with Crippen LogP contribution in [0.2, 0.25) is 0 Å². The minimum Gasteiger partial charge on any atom is -0.456 e. The topological polar surface area (TPSA) is 133 Å². The van der Waals surface area contributed by atoms with Crippen LogP contribution in [-0.2, 0) is 23.9 Å². The van der Waals surface area contributed by atoms with Crippen LogP contribution in [0.5, 0.6) is 5.19 Å². The molecule has 0 bridgehead atoms. The predicted molar refractivity (Wildman–Crippen MR) is 146 cm³/mol. The van der Waals surface area contributed by atoms with E-state index < -0.39 is 35.6 Å². The highest BCUT2D eigenvalue weighted by Gasteiger charge is 2.29. The number of nitrogens with zero attached hydrogens (tertiary/aromatic N) is 1. The Balaban J connectivity index is 2.80. The van der Waals surface area contributed by atoms with Gasteiger partial charge in [-0.15, -0.1) is 11.6 Å². The van der Waals surface area contributed by atoms with Gasteiger partial charge in [-0.1, -0.05) is 52.0 Å². The number of nitrogens with one attached hydrogen (secondary N) is 2. The number of halogens is 1. The van der Waals surface area contributed by atoms with E-state index in [4.69, 9.17) is 25.9 Å². The summed E-state index contributed by atoms with van der Waals surface area (Å²) in [6, 6.07) is -0.880. The van der Waals surface area contributed by atoms with Crippen LogP contribution in [0.3, 0.4) is 0 Å². The third kappa shape index (κ3) is 13.8. The Hall–Kier alpha value is -2.66. The Morgan fingerprint density at radius 3 is 2.32 bits per heavy atom. The number of hydrogen-bond acceptors (Lipinski definition) is 9. The molecule has 0 aliphatic carbocycles. The van der Waals surface area contributed by atoms with Gasteiger partial charge in [-0.25, -0.2) is 9.59 Å². The second-order valence-corrected chi connectivity index (χ2v) is 12.4. The van der Waals surface area contributed by atoms with E-state index in [9.17, 15) is 19.2 Å². The number of hydroxylamine groups is 1. The van der Waals surface area contributed by atoms with Crippen LogP contribution < -0.4 is 15.6 Å². The van der Waals surface area contributed by atoms with Gasteiger partial charge >= 0.3 is 17.1 Å². The molecular formula is C26H40ClN3O7S. The summed E-state index contributed by atoms with van der Waals surface area (Å²) in [5.41, 5.74) is 1.37. The van der Waals surface area contributed by atoms with Gasteiger partial charge in [0.15, 0.2) is 5.69 Å². The molecular weight excluding hydrogens is 534 g/mol. The number of thiazole rings is 1. The molecule has 1 aromatic heterocycles. The highest BCUT2D eigenvalue weighted by atomic mass is 35.5. The maximum atomic E-state index is 12.9. The van der Waals surface area contributed by atoms with Crippen molar-refractivity contribution in [3.05, 3.63) is 23.2 Å². The first-order chi connectivity index (χ1) is 17.5. The van der Waals surface area contributed by atoms with Crippen LogP contribution in [-0.4, -0.2) is 52.4 Å². The van der Waals surface area contributed by atoms with E-state index in [0.29, 0.717) is 12.3 Å². The molecule has 0 saturated carbocycles. The van der Waals surface area contributed by atoms with Crippen molar-refractivity contribution in [3.63, 3.8) is 0 Å². The van der Waals surface area contributed by atoms with Crippen molar-refractivity contribution < 1.29 is 33.5 Å². The lowest BCUT2D eigenvalue weighted by atomic mass is 9.91. The standard InChI is InChI=1S/C26H40ClN3O7S/c1-16(2)21(29-20(32)14-25(3,4)5)23(34)35-17(11-9-10-12-27)13-19(31)30-37-24-28-18(15-38-24)22(33)36-26(6,7)8/h9,11,15-17,21H,10,12-14H2,1-8H3,(H,29,32)(H,30,31)/b11-9+/t17-,21+/m1/s1. The number of rotatable bonds is 13. The van der Waals surface area contributed by atoms with Crippen LogP contribution in [0.1, 0.15) is 85.1 Å². The van der Waals surface area contributed by atoms with E-state index in [-0.39, 0.29) is 41.0 Å². The third-order valence-corrected chi connectivity index (χ3v) is 5.49. The average molecular weight is 574 g/mol. The van der Waals surface area contributed by atoms with Crippen LogP contribution in [0.25, 0.3) is 0 Å². The van der Waals surface area contributed by atoms with Gasteiger partial charge in [-0.3, -0.25) is 9.59 Å². The van der Waals surface area contributed by atoms with Gasteiger partial charge in [0, 0.05) is 17.7 Å². The number of carbonyl (C=O) groups is 4. The van der Waals surface area contributed by atoms with Gasteiger partial charge in [0.1, 0.15) is 17.7 Å². The Labute approximate surface area is 233 Å². The quantitative estimate of drug-likeness (QED) is 0.152. The number of amides is 2. The molecule has 0 spiro atoms. The first kappa shape index (κ1) is 33.4. The molecule has 2 atom stereocenters. The summed E-state index contributed by atoms with van der Waals surface area (Å²) < 4.78 is 10.8. The lowest BCUT2D eigenvalue weighted by molar-refractivity contribution is -0.153. The number of hydrogen-bond donors (Lipinski definition) is 2. The predicted octanol–water partition coefficient (Wildman–Crippen LogP) is 4.57. The molecule has 1 heterocycles. The molecule has 2 N–H and O–H groups in total. The van der Waals surface area contributed by atoms with Crippen LogP contribution in [0.15, 0.2) is 17.5 Å². The number of carbonyl (C=O) groups excluding carboxylic acids is 4. The number of esters is 2. The smallest absolute Gasteiger partial charge is 0.358 e. The fourth-order valence-corrected chi connectivity index (χ4v) is 3.67. The summed E-state index contributed by atoms with van der Waals surface area (Å²) in [6.45, 7) is 14.6. The van der Waals surface area contributed by atoms with Gasteiger partial charge in [-0.05, 0) is 44.6 Å². The molecule has 1 aromatic rings. The zero-order chi connectivity index (χ0) is 29.1. The molecule has 0 fully saturated rings. The lowest BCUT2D eigenvalue weighted by Gasteiger charge is -2.25. The second kappa shape index (κ2) is 15.1. The van der Waals surface area contributed by atoms with Gasteiger partial charge in [-0.2, -0.15) is 10.5 Å². The zero-order valence-electron chi connectivity index (χ0n) is 23.4. The Morgan fingerprint density at radius 1 is 1.11 bits per heavy atom. The summed E-state index contributed by atoms with van der Waals surface area (Å²) in [4.78, 5) is 59.2. The van der Waals surface area contributed by atoms with Crippen LogP contribution in [0, 0.1) is 11.3 Å². The van der Waals surface area contributed by atoms with Crippen molar-refractivity contribution >= 4 is 46.7 Å². The highest BCUT2D eigenvalue weighted by Crippen LogP contribution is 2.21. The Morgan fingerprint density at radius 2 is 1.76 bits per heavy atom. The van der Waals surface area contributed by atoms with E-state index >= 15 is 0 Å². The van der Waals surface area contributed by atoms with Gasteiger partial charge < -0.3 is 19.6 Å². The molecule has 214 valence electrons. The second-order valence-electron chi connectivity index (χ2n) is 11.2. The van der Waals surface area contributed by atoms with Crippen LogP contribution >= 0.6 is 22.9 Å². The summed E-state index contributed by atoms with van der Waals surface area (Å²) in [7, 11) is 0. The van der Waals surface area contributed by atoms with Crippen molar-refractivity contribution in [1.82, 2.24) is 15.8 Å². The molecule has 0 saturated heterocycles. The van der Waals surface area contributed by atoms with E-state index in [1.807, 2.05) is 20.8 Å². The minimum atomic E-state index is -0.927. The van der Waals surface area contributed by atoms with Crippen LogP contribution in [0.4, 0.5) is 0 Å². The average Bonchev–Trinajstić information content (AvgIpc) is 3.23. The normalized spacial score (nSPS) is 13.6. The number of aromatic nitrogens is 1. The molecule has 1 rings (SSSR count). The molecule has 0 aliphatic rings. The van der Waals surface area contributed by atoms with Crippen molar-refractivity contribution in [3.8, 4) is 5.19 Å². The SMILES string of the molecule is CC(C)[C@H](NC(=O)CC(C)(C)C)C(=O)O[C@H](/C=C/CCCl)CC(=O)NOc1nc(C(=O)OC(C)(C)C)cs1. The molecule has 10 nitrogen and oxygen atoms in total. The number of allylic oxidation sites excluding steroid dienone is 1. The summed E-state index contributed by atoms with van der Waals surface area (Å²) in [5.74, 6) is -2.00. The number of alkyl halides is 1. The zero-order valence-corrected chi connectivity index (χ0v) is 25.0. The molecule has 0 radical (unpaired) electrons. The van der Waals surface area contributed by atoms with Gasteiger partial charge in [0.2, 0.25) is 5.91 Å². The first-order valence-corrected chi connectivity index (χ1v) is 13.8. The van der Waals surface area contributed by atoms with Crippen molar-refractivity contribution in [2.45, 2.75) is 92.4 Å². The summed E-state index contributed by atoms with van der Waals surface area (Å²) in [5, 5.41) is 4.23. The van der Waals surface area contributed by atoms with E-state index in [0.717, 1.165) is 11.3 Å². The van der Waals surface area contributed by atoms with Gasteiger partial charge in [0.25, 0.3) is 5.91 Å². The molecule has 0 aromatic carbocycles. The maximum absolute atomic E-state index is 12.9. The van der Waals surface area contributed by atoms with Crippen molar-refractivity contribution in [1.29, 1.82) is 0 Å². The first-order valence-electron chi connectivity index (χ1n) is 12.4. The van der Waals surface area contributed by atoms with E-state index in [1.54, 1.807) is 46.8 Å². The van der Waals surface area contributed by atoms with Gasteiger partial charge in [0.05, 0.1) is 6.42 Å². The molecule has 38 heavy (non-hydrogen) atoms. The molecule has 2 amide bonds. The molecule has 0 unspecified atom stereocenters. The maximum Gasteiger partial charge on any atom is 0.358 e. The molecule has 12 heteroatoms. The lowest BCUT2D eigenvalue weighted by Crippen LogP contribution is -2.47. The number of ether oxygens (including phenoxy) is 2. The minimum absolute atomic E-state index is 0.0341. The van der Waals surface area contributed by atoms with Crippen molar-refractivity contribution in [2.24, 2.45) is 11.3 Å². The third-order valence-electron chi connectivity index (χ3n) is 4.55. The monoisotopic (exact) mass is 573 g/mol. The molecule has 0 aliphatic heterocycles. The van der Waals surface area contributed by atoms with E-state index in [1.165, 1.54) is 5.38 Å². The van der Waals surface area contributed by atoms with Crippen molar-refractivity contribution in [2.75, 3.05) is 5.88 Å². The highest BCUT2D eigenvalue weighted by molar-refractivity contribution is 7.11. The summed E-state index contributed by atoms with van der Waals surface area (Å²) in [6.07, 6.45) is 2.84.